The lowest BCUT2D eigenvalue weighted by atomic mass is 9.94. The van der Waals surface area contributed by atoms with E-state index in [0.29, 0.717) is 18.5 Å². The molecule has 1 atom stereocenters. The first-order valence-corrected chi connectivity index (χ1v) is 10.3. The molecular weight excluding hydrogens is 342 g/mol. The Balaban J connectivity index is 1.72. The molecule has 2 N–H and O–H groups in total. The zero-order valence-corrected chi connectivity index (χ0v) is 16.6. The van der Waals surface area contributed by atoms with Crippen molar-refractivity contribution in [3.05, 3.63) is 69.1 Å². The maximum Gasteiger partial charge on any atom is 0.258 e. The highest BCUT2D eigenvalue weighted by Crippen LogP contribution is 2.19. The fourth-order valence-corrected chi connectivity index (χ4v) is 4.06. The van der Waals surface area contributed by atoms with Gasteiger partial charge in [0.25, 0.3) is 5.56 Å². The molecule has 4 nitrogen and oxygen atoms in total. The molecule has 0 amide bonds. The maximum atomic E-state index is 12.1. The molecule has 0 aliphatic carbocycles. The van der Waals surface area contributed by atoms with Gasteiger partial charge in [-0.2, -0.15) is 0 Å². The molecule has 0 fully saturated rings. The van der Waals surface area contributed by atoms with Crippen LogP contribution >= 0.6 is 11.3 Å². The second-order valence-corrected chi connectivity index (χ2v) is 8.07. The normalized spacial score (nSPS) is 12.8. The minimum atomic E-state index is 0.000948. The average molecular weight is 371 g/mol. The molecule has 0 spiro atoms. The van der Waals surface area contributed by atoms with Gasteiger partial charge in [-0.25, -0.2) is 4.98 Å². The first-order chi connectivity index (χ1) is 12.6. The van der Waals surface area contributed by atoms with Crippen LogP contribution in [0, 0.1) is 5.92 Å². The summed E-state index contributed by atoms with van der Waals surface area (Å²) in [6, 6.07) is 11.1. The molecule has 1 aromatic carbocycles. The van der Waals surface area contributed by atoms with Gasteiger partial charge in [-0.1, -0.05) is 51.5 Å². The molecule has 2 aromatic heterocycles. The standard InChI is InChI=1S/C21H27N3OS/c1-4-5-6-16-7-9-17(10-8-16)20(15(2)3)22-14-18-13-19(25)24-11-12-26-21(24)23-18/h7-13,15,20,22H,4-6,14H2,1-3H3/p+1/t20-/m1/s1. The molecule has 138 valence electrons. The van der Waals surface area contributed by atoms with Crippen molar-refractivity contribution in [2.75, 3.05) is 0 Å². The number of fused-ring (bicyclic) bond motifs is 1. The smallest absolute Gasteiger partial charge is 0.258 e. The minimum absolute atomic E-state index is 0.000948. The number of nitrogens with zero attached hydrogens (tertiary/aromatic N) is 2. The summed E-state index contributed by atoms with van der Waals surface area (Å²) in [6.07, 6.45) is 5.40. The van der Waals surface area contributed by atoms with E-state index in [9.17, 15) is 4.79 Å². The first-order valence-electron chi connectivity index (χ1n) is 9.46. The van der Waals surface area contributed by atoms with Crippen LogP contribution in [0.2, 0.25) is 0 Å². The van der Waals surface area contributed by atoms with Crippen molar-refractivity contribution in [2.24, 2.45) is 5.92 Å². The topological polar surface area (TPSA) is 51.0 Å². The zero-order chi connectivity index (χ0) is 18.5. The number of benzene rings is 1. The first kappa shape index (κ1) is 18.8. The van der Waals surface area contributed by atoms with Gasteiger partial charge in [-0.05, 0) is 18.4 Å². The van der Waals surface area contributed by atoms with Gasteiger partial charge in [0.1, 0.15) is 18.3 Å². The number of nitrogens with two attached hydrogens (primary N) is 1. The highest BCUT2D eigenvalue weighted by Gasteiger charge is 2.19. The predicted octanol–water partition coefficient (Wildman–Crippen LogP) is 3.56. The summed E-state index contributed by atoms with van der Waals surface area (Å²) in [5.74, 6) is 0.503. The van der Waals surface area contributed by atoms with Crippen LogP contribution in [-0.2, 0) is 13.0 Å². The number of hydrogen-bond donors (Lipinski definition) is 1. The van der Waals surface area contributed by atoms with Crippen molar-refractivity contribution in [3.8, 4) is 0 Å². The van der Waals surface area contributed by atoms with E-state index in [0.717, 1.165) is 17.1 Å². The van der Waals surface area contributed by atoms with E-state index in [2.05, 4.69) is 55.3 Å². The molecule has 26 heavy (non-hydrogen) atoms. The summed E-state index contributed by atoms with van der Waals surface area (Å²) in [5, 5.41) is 4.20. The van der Waals surface area contributed by atoms with Crippen molar-refractivity contribution in [1.82, 2.24) is 9.38 Å². The van der Waals surface area contributed by atoms with Crippen molar-refractivity contribution in [2.45, 2.75) is 52.6 Å². The molecule has 0 saturated carbocycles. The van der Waals surface area contributed by atoms with Gasteiger partial charge in [0, 0.05) is 29.1 Å². The van der Waals surface area contributed by atoms with Gasteiger partial charge in [0.2, 0.25) is 0 Å². The Kier molecular flexibility index (Phi) is 6.22. The van der Waals surface area contributed by atoms with E-state index in [4.69, 9.17) is 0 Å². The van der Waals surface area contributed by atoms with E-state index in [1.807, 2.05) is 5.38 Å². The molecule has 0 aliphatic heterocycles. The summed E-state index contributed by atoms with van der Waals surface area (Å²) in [5.41, 5.74) is 3.61. The summed E-state index contributed by atoms with van der Waals surface area (Å²) in [6.45, 7) is 7.43. The molecule has 2 heterocycles. The second-order valence-electron chi connectivity index (χ2n) is 7.20. The van der Waals surface area contributed by atoms with Crippen molar-refractivity contribution < 1.29 is 5.32 Å². The Morgan fingerprint density at radius 3 is 2.69 bits per heavy atom. The molecule has 0 aliphatic rings. The number of rotatable bonds is 8. The zero-order valence-electron chi connectivity index (χ0n) is 15.8. The summed E-state index contributed by atoms with van der Waals surface area (Å²) >= 11 is 1.50. The third-order valence-corrected chi connectivity index (χ3v) is 5.60. The molecule has 3 rings (SSSR count). The quantitative estimate of drug-likeness (QED) is 0.659. The van der Waals surface area contributed by atoms with E-state index in [-0.39, 0.29) is 5.56 Å². The largest absolute Gasteiger partial charge is 0.335 e. The van der Waals surface area contributed by atoms with Crippen molar-refractivity contribution >= 4 is 16.3 Å². The fraction of sp³-hybridized carbons (Fsp3) is 0.429. The number of aryl methyl sites for hydroxylation is 1. The Hall–Kier alpha value is -1.98. The van der Waals surface area contributed by atoms with E-state index < -0.39 is 0 Å². The van der Waals surface area contributed by atoms with E-state index in [1.165, 1.54) is 35.3 Å². The minimum Gasteiger partial charge on any atom is -0.335 e. The Labute approximate surface area is 158 Å². The Morgan fingerprint density at radius 1 is 1.23 bits per heavy atom. The van der Waals surface area contributed by atoms with Crippen LogP contribution in [0.5, 0.6) is 0 Å². The second kappa shape index (κ2) is 8.60. The van der Waals surface area contributed by atoms with Gasteiger partial charge in [-0.3, -0.25) is 9.20 Å². The highest BCUT2D eigenvalue weighted by atomic mass is 32.1. The van der Waals surface area contributed by atoms with Gasteiger partial charge in [0.15, 0.2) is 4.96 Å². The average Bonchev–Trinajstić information content (AvgIpc) is 3.10. The van der Waals surface area contributed by atoms with E-state index in [1.54, 1.807) is 16.7 Å². The fourth-order valence-electron chi connectivity index (χ4n) is 3.32. The van der Waals surface area contributed by atoms with Gasteiger partial charge < -0.3 is 5.32 Å². The van der Waals surface area contributed by atoms with Crippen LogP contribution in [0.4, 0.5) is 0 Å². The van der Waals surface area contributed by atoms with Gasteiger partial charge in [-0.15, -0.1) is 11.3 Å². The third kappa shape index (κ3) is 4.40. The molecule has 0 unspecified atom stereocenters. The number of aromatic nitrogens is 2. The van der Waals surface area contributed by atoms with Gasteiger partial charge >= 0.3 is 0 Å². The van der Waals surface area contributed by atoms with Gasteiger partial charge in [0.05, 0.1) is 0 Å². The lowest BCUT2D eigenvalue weighted by molar-refractivity contribution is -0.717. The maximum absolute atomic E-state index is 12.1. The van der Waals surface area contributed by atoms with Crippen LogP contribution in [0.25, 0.3) is 4.96 Å². The molecule has 0 radical (unpaired) electrons. The van der Waals surface area contributed by atoms with Crippen LogP contribution in [0.3, 0.4) is 0 Å². The predicted molar refractivity (Wildman–Crippen MR) is 108 cm³/mol. The number of thiazole rings is 1. The highest BCUT2D eigenvalue weighted by molar-refractivity contribution is 7.15. The molecule has 3 aromatic rings. The molecular formula is C21H28N3OS+. The summed E-state index contributed by atoms with van der Waals surface area (Å²) < 4.78 is 1.60. The van der Waals surface area contributed by atoms with Crippen molar-refractivity contribution in [1.29, 1.82) is 0 Å². The number of unbranched alkanes of at least 4 members (excludes halogenated alkanes) is 1. The number of quaternary nitrogens is 1. The van der Waals surface area contributed by atoms with Crippen molar-refractivity contribution in [3.63, 3.8) is 0 Å². The van der Waals surface area contributed by atoms with Crippen LogP contribution in [-0.4, -0.2) is 9.38 Å². The molecule has 0 bridgehead atoms. The Morgan fingerprint density at radius 2 is 2.00 bits per heavy atom. The lowest BCUT2D eigenvalue weighted by Gasteiger charge is -2.20. The lowest BCUT2D eigenvalue weighted by Crippen LogP contribution is -2.84. The summed E-state index contributed by atoms with van der Waals surface area (Å²) in [4.78, 5) is 17.5. The van der Waals surface area contributed by atoms with Crippen LogP contribution < -0.4 is 10.9 Å². The van der Waals surface area contributed by atoms with Crippen LogP contribution in [0.15, 0.2) is 46.7 Å². The third-order valence-electron chi connectivity index (χ3n) is 4.84. The SMILES string of the molecule is CCCCc1ccc([C@H]([NH2+]Cc2cc(=O)n3ccsc3n2)C(C)C)cc1. The Bertz CT molecular complexity index is 896. The van der Waals surface area contributed by atoms with E-state index >= 15 is 0 Å². The monoisotopic (exact) mass is 370 g/mol. The molecule has 5 heteroatoms. The molecule has 0 saturated heterocycles. The number of hydrogen-bond acceptors (Lipinski definition) is 3. The van der Waals surface area contributed by atoms with Crippen LogP contribution in [0.1, 0.15) is 56.5 Å². The summed E-state index contributed by atoms with van der Waals surface area (Å²) in [7, 11) is 0.